The molecule has 4 rings (SSSR count). The number of benzene rings is 1. The Balaban J connectivity index is 1.73. The van der Waals surface area contributed by atoms with Crippen LogP contribution in [0.1, 0.15) is 30.4 Å². The summed E-state index contributed by atoms with van der Waals surface area (Å²) in [7, 11) is 0. The summed E-state index contributed by atoms with van der Waals surface area (Å²) in [4.78, 5) is 10.0. The number of pyridine rings is 1. The maximum absolute atomic E-state index is 5.68. The van der Waals surface area contributed by atoms with Gasteiger partial charge in [-0.3, -0.25) is 4.98 Å². The van der Waals surface area contributed by atoms with Gasteiger partial charge >= 0.3 is 0 Å². The number of aromatic nitrogens is 2. The Morgan fingerprint density at radius 1 is 1.12 bits per heavy atom. The molecule has 1 saturated heterocycles. The molecule has 5 nitrogen and oxygen atoms in total. The number of anilines is 1. The Hall–Kier alpha value is -2.86. The van der Waals surface area contributed by atoms with Crippen molar-refractivity contribution in [2.45, 2.75) is 19.0 Å². The predicted octanol–water partition coefficient (Wildman–Crippen LogP) is 3.99. The zero-order valence-electron chi connectivity index (χ0n) is 14.4. The minimum absolute atomic E-state index is 0.00894. The van der Waals surface area contributed by atoms with Crippen LogP contribution < -0.4 is 15.0 Å². The van der Waals surface area contributed by atoms with Crippen molar-refractivity contribution in [2.24, 2.45) is 0 Å². The van der Waals surface area contributed by atoms with Gasteiger partial charge in [-0.15, -0.1) is 0 Å². The van der Waals surface area contributed by atoms with E-state index in [4.69, 9.17) is 17.0 Å². The lowest BCUT2D eigenvalue weighted by Crippen LogP contribution is -2.29. The molecule has 0 radical (unpaired) electrons. The second-order valence-electron chi connectivity index (χ2n) is 6.05. The third-order valence-corrected chi connectivity index (χ3v) is 4.78. The molecular formula is C20H20N4OS. The second kappa shape index (κ2) is 7.17. The van der Waals surface area contributed by atoms with E-state index >= 15 is 0 Å². The first-order valence-corrected chi connectivity index (χ1v) is 9.05. The van der Waals surface area contributed by atoms with E-state index in [2.05, 4.69) is 26.3 Å². The molecule has 1 aliphatic rings. The molecule has 0 spiro atoms. The first kappa shape index (κ1) is 16.6. The summed E-state index contributed by atoms with van der Waals surface area (Å²) >= 11 is 5.68. The smallest absolute Gasteiger partial charge is 0.174 e. The molecule has 0 amide bonds. The van der Waals surface area contributed by atoms with Crippen LogP contribution in [0.3, 0.4) is 0 Å². The molecule has 3 aromatic rings. The van der Waals surface area contributed by atoms with Crippen LogP contribution in [0.5, 0.6) is 5.75 Å². The van der Waals surface area contributed by atoms with Crippen molar-refractivity contribution in [3.05, 3.63) is 78.4 Å². The molecule has 2 atom stereocenters. The first-order chi connectivity index (χ1) is 12.8. The van der Waals surface area contributed by atoms with E-state index in [1.165, 1.54) is 0 Å². The number of ether oxygens (including phenoxy) is 1. The van der Waals surface area contributed by atoms with Gasteiger partial charge in [0.1, 0.15) is 11.8 Å². The number of nitrogens with one attached hydrogen (secondary N) is 2. The summed E-state index contributed by atoms with van der Waals surface area (Å²) in [5.74, 6) is 0.854. The van der Waals surface area contributed by atoms with Gasteiger partial charge in [-0.1, -0.05) is 6.07 Å². The largest absolute Gasteiger partial charge is 0.494 e. The lowest BCUT2D eigenvalue weighted by atomic mass is 10.0. The molecule has 3 heterocycles. The molecule has 1 aromatic carbocycles. The Labute approximate surface area is 158 Å². The van der Waals surface area contributed by atoms with Crippen LogP contribution in [0.4, 0.5) is 5.69 Å². The zero-order chi connectivity index (χ0) is 17.9. The lowest BCUT2D eigenvalue weighted by Gasteiger charge is -2.27. The molecule has 0 bridgehead atoms. The number of rotatable bonds is 5. The highest BCUT2D eigenvalue weighted by molar-refractivity contribution is 7.80. The van der Waals surface area contributed by atoms with Crippen molar-refractivity contribution in [1.82, 2.24) is 15.3 Å². The fraction of sp³-hybridized carbons (Fsp3) is 0.200. The molecule has 6 heteroatoms. The normalized spacial score (nSPS) is 19.4. The number of thiocarbonyl (C=S) groups is 1. The minimum atomic E-state index is -0.0334. The number of hydrogen-bond acceptors (Lipinski definition) is 3. The van der Waals surface area contributed by atoms with E-state index < -0.39 is 0 Å². The van der Waals surface area contributed by atoms with E-state index in [1.807, 2.05) is 67.8 Å². The molecule has 26 heavy (non-hydrogen) atoms. The molecule has 0 aliphatic carbocycles. The second-order valence-corrected chi connectivity index (χ2v) is 6.44. The summed E-state index contributed by atoms with van der Waals surface area (Å²) in [5, 5.41) is 4.13. The summed E-state index contributed by atoms with van der Waals surface area (Å²) in [6.45, 7) is 2.63. The third kappa shape index (κ3) is 3.04. The number of aromatic amines is 1. The van der Waals surface area contributed by atoms with Crippen LogP contribution >= 0.6 is 12.2 Å². The van der Waals surface area contributed by atoms with Gasteiger partial charge in [0.25, 0.3) is 0 Å². The average Bonchev–Trinajstić information content (AvgIpc) is 3.31. The van der Waals surface area contributed by atoms with Crippen molar-refractivity contribution in [2.75, 3.05) is 11.5 Å². The highest BCUT2D eigenvalue weighted by Crippen LogP contribution is 2.41. The van der Waals surface area contributed by atoms with Crippen molar-refractivity contribution in [1.29, 1.82) is 0 Å². The molecule has 2 aromatic heterocycles. The topological polar surface area (TPSA) is 53.2 Å². The number of nitrogens with zero attached hydrogens (tertiary/aromatic N) is 2. The summed E-state index contributed by atoms with van der Waals surface area (Å²) in [6, 6.07) is 18.0. The predicted molar refractivity (Wildman–Crippen MR) is 106 cm³/mol. The molecular weight excluding hydrogens is 344 g/mol. The maximum Gasteiger partial charge on any atom is 0.174 e. The molecule has 2 N–H and O–H groups in total. The van der Waals surface area contributed by atoms with Crippen molar-refractivity contribution < 1.29 is 4.74 Å². The Morgan fingerprint density at radius 2 is 1.96 bits per heavy atom. The van der Waals surface area contributed by atoms with Crippen LogP contribution in [-0.2, 0) is 0 Å². The summed E-state index contributed by atoms with van der Waals surface area (Å²) in [5.41, 5.74) is 3.06. The Bertz CT molecular complexity index is 865. The van der Waals surface area contributed by atoms with Gasteiger partial charge in [-0.05, 0) is 67.7 Å². The fourth-order valence-corrected chi connectivity index (χ4v) is 3.69. The van der Waals surface area contributed by atoms with E-state index in [0.29, 0.717) is 11.7 Å². The van der Waals surface area contributed by atoms with Crippen LogP contribution in [0.15, 0.2) is 67.0 Å². The van der Waals surface area contributed by atoms with Gasteiger partial charge in [0.15, 0.2) is 5.11 Å². The van der Waals surface area contributed by atoms with Crippen LogP contribution in [0.2, 0.25) is 0 Å². The van der Waals surface area contributed by atoms with Crippen molar-refractivity contribution in [3.8, 4) is 5.75 Å². The number of H-pyrrole nitrogens is 1. The third-order valence-electron chi connectivity index (χ3n) is 4.46. The summed E-state index contributed by atoms with van der Waals surface area (Å²) < 4.78 is 5.56. The molecule has 1 fully saturated rings. The van der Waals surface area contributed by atoms with E-state index in [-0.39, 0.29) is 12.1 Å². The average molecular weight is 364 g/mol. The van der Waals surface area contributed by atoms with E-state index in [0.717, 1.165) is 22.8 Å². The van der Waals surface area contributed by atoms with Gasteiger partial charge in [0, 0.05) is 23.8 Å². The van der Waals surface area contributed by atoms with Crippen LogP contribution in [0, 0.1) is 0 Å². The fourth-order valence-electron chi connectivity index (χ4n) is 3.35. The Kier molecular flexibility index (Phi) is 4.58. The van der Waals surface area contributed by atoms with Crippen LogP contribution in [0.25, 0.3) is 0 Å². The molecule has 0 unspecified atom stereocenters. The zero-order valence-corrected chi connectivity index (χ0v) is 15.2. The highest BCUT2D eigenvalue weighted by Gasteiger charge is 2.41. The number of hydrogen-bond donors (Lipinski definition) is 2. The summed E-state index contributed by atoms with van der Waals surface area (Å²) in [6.07, 6.45) is 3.74. The van der Waals surface area contributed by atoms with Gasteiger partial charge in [0.05, 0.1) is 18.3 Å². The Morgan fingerprint density at radius 3 is 2.62 bits per heavy atom. The van der Waals surface area contributed by atoms with Crippen LogP contribution in [-0.4, -0.2) is 21.7 Å². The van der Waals surface area contributed by atoms with Crippen molar-refractivity contribution in [3.63, 3.8) is 0 Å². The first-order valence-electron chi connectivity index (χ1n) is 8.64. The standard InChI is InChI=1S/C20H20N4OS/c1-2-25-15-10-8-14(9-11-15)24-19(17-7-5-13-22-17)18(23-20(24)26)16-6-3-4-12-21-16/h3-13,18-19,22H,2H2,1H3,(H,23,26)/t18-,19-/m1/s1. The van der Waals surface area contributed by atoms with Gasteiger partial charge < -0.3 is 19.9 Å². The monoisotopic (exact) mass is 364 g/mol. The lowest BCUT2D eigenvalue weighted by molar-refractivity contribution is 0.340. The maximum atomic E-state index is 5.68. The highest BCUT2D eigenvalue weighted by atomic mass is 32.1. The van der Waals surface area contributed by atoms with Gasteiger partial charge in [0.2, 0.25) is 0 Å². The van der Waals surface area contributed by atoms with Crippen molar-refractivity contribution >= 4 is 23.0 Å². The van der Waals surface area contributed by atoms with E-state index in [9.17, 15) is 0 Å². The SMILES string of the molecule is CCOc1ccc(N2C(=S)N[C@H](c3ccccn3)[C@H]2c2ccc[nH]2)cc1. The quantitative estimate of drug-likeness (QED) is 0.671. The molecule has 0 saturated carbocycles. The van der Waals surface area contributed by atoms with E-state index in [1.54, 1.807) is 0 Å². The van der Waals surface area contributed by atoms with Gasteiger partial charge in [-0.2, -0.15) is 0 Å². The minimum Gasteiger partial charge on any atom is -0.494 e. The van der Waals surface area contributed by atoms with Gasteiger partial charge in [-0.25, -0.2) is 0 Å². The molecule has 132 valence electrons. The molecule has 1 aliphatic heterocycles.